The fourth-order valence-electron chi connectivity index (χ4n) is 3.60. The Hall–Kier alpha value is -2.82. The van der Waals surface area contributed by atoms with Crippen LogP contribution in [-0.2, 0) is 4.79 Å². The molecule has 0 radical (unpaired) electrons. The van der Waals surface area contributed by atoms with Crippen LogP contribution in [0.4, 0.5) is 16.2 Å². The summed E-state index contributed by atoms with van der Waals surface area (Å²) in [4.78, 5) is 22.8. The number of hydrogen-bond donors (Lipinski definition) is 3. The number of para-hydroxylation sites is 1. The van der Waals surface area contributed by atoms with Gasteiger partial charge in [0.2, 0.25) is 0 Å². The monoisotopic (exact) mass is 352 g/mol. The number of nitrogens with one attached hydrogen (secondary N) is 2. The molecule has 0 aromatic heterocycles. The van der Waals surface area contributed by atoms with E-state index in [0.29, 0.717) is 11.8 Å². The molecule has 5 heteroatoms. The third kappa shape index (κ3) is 5.09. The number of benzene rings is 2. The molecular weight excluding hydrogens is 328 g/mol. The minimum atomic E-state index is -0.697. The summed E-state index contributed by atoms with van der Waals surface area (Å²) in [5.41, 5.74) is 2.76. The summed E-state index contributed by atoms with van der Waals surface area (Å²) in [6, 6.07) is 17.0. The third-order valence-electron chi connectivity index (χ3n) is 4.98. The normalized spacial score (nSPS) is 19.5. The van der Waals surface area contributed by atoms with E-state index in [0.717, 1.165) is 37.1 Å². The SMILES string of the molecule is O=C(O)C[C@H]1CC[C@H](c2ccc(NC(=O)Nc3ccccc3)cc2)CC1. The molecular formula is C21H24N2O3. The van der Waals surface area contributed by atoms with E-state index < -0.39 is 5.97 Å². The van der Waals surface area contributed by atoms with E-state index >= 15 is 0 Å². The Morgan fingerprint density at radius 1 is 0.846 bits per heavy atom. The number of carboxylic acids is 1. The summed E-state index contributed by atoms with van der Waals surface area (Å²) >= 11 is 0. The number of carboxylic acid groups (broad SMARTS) is 1. The van der Waals surface area contributed by atoms with Crippen LogP contribution in [0, 0.1) is 5.92 Å². The Labute approximate surface area is 153 Å². The number of anilines is 2. The zero-order valence-electron chi connectivity index (χ0n) is 14.7. The van der Waals surface area contributed by atoms with Gasteiger partial charge in [-0.15, -0.1) is 0 Å². The summed E-state index contributed by atoms with van der Waals surface area (Å²) in [5.74, 6) is 0.0938. The van der Waals surface area contributed by atoms with Crippen LogP contribution < -0.4 is 10.6 Å². The van der Waals surface area contributed by atoms with Crippen molar-refractivity contribution in [3.63, 3.8) is 0 Å². The maximum atomic E-state index is 12.0. The minimum absolute atomic E-state index is 0.266. The highest BCUT2D eigenvalue weighted by Gasteiger charge is 2.23. The van der Waals surface area contributed by atoms with Crippen molar-refractivity contribution in [2.24, 2.45) is 5.92 Å². The van der Waals surface area contributed by atoms with Gasteiger partial charge in [0.25, 0.3) is 0 Å². The summed E-state index contributed by atoms with van der Waals surface area (Å²) in [5, 5.41) is 14.5. The molecule has 5 nitrogen and oxygen atoms in total. The third-order valence-corrected chi connectivity index (χ3v) is 4.98. The molecule has 0 spiro atoms. The number of urea groups is 1. The zero-order chi connectivity index (χ0) is 18.4. The number of aliphatic carboxylic acids is 1. The molecule has 0 heterocycles. The summed E-state index contributed by atoms with van der Waals surface area (Å²) in [6.45, 7) is 0. The summed E-state index contributed by atoms with van der Waals surface area (Å²) in [6.07, 6.45) is 4.28. The van der Waals surface area contributed by atoms with Gasteiger partial charge >= 0.3 is 12.0 Å². The first-order valence-electron chi connectivity index (χ1n) is 9.05. The van der Waals surface area contributed by atoms with Crippen molar-refractivity contribution in [3.05, 3.63) is 60.2 Å². The second-order valence-electron chi connectivity index (χ2n) is 6.88. The minimum Gasteiger partial charge on any atom is -0.481 e. The lowest BCUT2D eigenvalue weighted by molar-refractivity contribution is -0.138. The molecule has 0 aliphatic heterocycles. The zero-order valence-corrected chi connectivity index (χ0v) is 14.7. The molecule has 0 bridgehead atoms. The van der Waals surface area contributed by atoms with Crippen molar-refractivity contribution in [1.29, 1.82) is 0 Å². The van der Waals surface area contributed by atoms with Crippen molar-refractivity contribution in [3.8, 4) is 0 Å². The van der Waals surface area contributed by atoms with E-state index in [2.05, 4.69) is 22.8 Å². The molecule has 1 aliphatic carbocycles. The first-order chi connectivity index (χ1) is 12.6. The maximum Gasteiger partial charge on any atom is 0.323 e. The smallest absolute Gasteiger partial charge is 0.323 e. The van der Waals surface area contributed by atoms with E-state index in [4.69, 9.17) is 5.11 Å². The van der Waals surface area contributed by atoms with Crippen LogP contribution in [0.25, 0.3) is 0 Å². The van der Waals surface area contributed by atoms with E-state index in [1.807, 2.05) is 42.5 Å². The van der Waals surface area contributed by atoms with Crippen molar-refractivity contribution in [2.45, 2.75) is 38.0 Å². The van der Waals surface area contributed by atoms with Crippen molar-refractivity contribution in [1.82, 2.24) is 0 Å². The molecule has 0 saturated heterocycles. The van der Waals surface area contributed by atoms with Gasteiger partial charge in [0, 0.05) is 17.8 Å². The van der Waals surface area contributed by atoms with Gasteiger partial charge in [-0.2, -0.15) is 0 Å². The summed E-state index contributed by atoms with van der Waals surface area (Å²) < 4.78 is 0. The Balaban J connectivity index is 1.51. The quantitative estimate of drug-likeness (QED) is 0.702. The molecule has 136 valence electrons. The Bertz CT molecular complexity index is 736. The van der Waals surface area contributed by atoms with E-state index in [9.17, 15) is 9.59 Å². The molecule has 0 unspecified atom stereocenters. The standard InChI is InChI=1S/C21H24N2O3/c24-20(25)14-15-6-8-16(9-7-15)17-10-12-19(13-11-17)23-21(26)22-18-4-2-1-3-5-18/h1-5,10-13,15-16H,6-9,14H2,(H,24,25)(H2,22,23,26)/t15-,16-. The first kappa shape index (κ1) is 18.0. The maximum absolute atomic E-state index is 12.0. The van der Waals surface area contributed by atoms with E-state index in [1.165, 1.54) is 5.56 Å². The molecule has 1 saturated carbocycles. The van der Waals surface area contributed by atoms with Gasteiger partial charge in [-0.1, -0.05) is 30.3 Å². The molecule has 3 rings (SSSR count). The highest BCUT2D eigenvalue weighted by atomic mass is 16.4. The Morgan fingerprint density at radius 3 is 2.00 bits per heavy atom. The summed E-state index contributed by atoms with van der Waals surface area (Å²) in [7, 11) is 0. The second-order valence-corrected chi connectivity index (χ2v) is 6.88. The van der Waals surface area contributed by atoms with Gasteiger partial charge in [-0.05, 0) is 67.3 Å². The molecule has 1 aliphatic rings. The molecule has 3 N–H and O–H groups in total. The van der Waals surface area contributed by atoms with Crippen LogP contribution >= 0.6 is 0 Å². The second kappa shape index (κ2) is 8.52. The van der Waals surface area contributed by atoms with Crippen LogP contribution in [0.2, 0.25) is 0 Å². The van der Waals surface area contributed by atoms with Crippen LogP contribution in [0.3, 0.4) is 0 Å². The fourth-order valence-corrected chi connectivity index (χ4v) is 3.60. The first-order valence-corrected chi connectivity index (χ1v) is 9.05. The number of carbonyl (C=O) groups is 2. The lowest BCUT2D eigenvalue weighted by atomic mass is 9.77. The predicted octanol–water partition coefficient (Wildman–Crippen LogP) is 5.08. The van der Waals surface area contributed by atoms with Crippen molar-refractivity contribution in [2.75, 3.05) is 10.6 Å². The van der Waals surface area contributed by atoms with Crippen LogP contribution in [-0.4, -0.2) is 17.1 Å². The topological polar surface area (TPSA) is 78.4 Å². The Kier molecular flexibility index (Phi) is 5.89. The van der Waals surface area contributed by atoms with Crippen LogP contribution in [0.5, 0.6) is 0 Å². The lowest BCUT2D eigenvalue weighted by Crippen LogP contribution is -2.19. The molecule has 2 aromatic rings. The number of rotatable bonds is 5. The number of hydrogen-bond acceptors (Lipinski definition) is 2. The van der Waals surface area contributed by atoms with Crippen LogP contribution in [0.15, 0.2) is 54.6 Å². The Morgan fingerprint density at radius 2 is 1.42 bits per heavy atom. The van der Waals surface area contributed by atoms with Crippen molar-refractivity contribution >= 4 is 23.4 Å². The van der Waals surface area contributed by atoms with Crippen molar-refractivity contribution < 1.29 is 14.7 Å². The van der Waals surface area contributed by atoms with E-state index in [-0.39, 0.29) is 12.5 Å². The molecule has 1 fully saturated rings. The number of amides is 2. The fraction of sp³-hybridized carbons (Fsp3) is 0.333. The molecule has 0 atom stereocenters. The van der Waals surface area contributed by atoms with Gasteiger partial charge < -0.3 is 15.7 Å². The van der Waals surface area contributed by atoms with Crippen LogP contribution in [0.1, 0.15) is 43.6 Å². The molecule has 2 aromatic carbocycles. The van der Waals surface area contributed by atoms with Gasteiger partial charge in [0.15, 0.2) is 0 Å². The molecule has 26 heavy (non-hydrogen) atoms. The average molecular weight is 352 g/mol. The lowest BCUT2D eigenvalue weighted by Gasteiger charge is -2.28. The van der Waals surface area contributed by atoms with E-state index in [1.54, 1.807) is 0 Å². The number of carbonyl (C=O) groups excluding carboxylic acids is 1. The van der Waals surface area contributed by atoms with Gasteiger partial charge in [0.05, 0.1) is 0 Å². The average Bonchev–Trinajstić information content (AvgIpc) is 2.63. The van der Waals surface area contributed by atoms with Gasteiger partial charge in [0.1, 0.15) is 0 Å². The van der Waals surface area contributed by atoms with Gasteiger partial charge in [-0.25, -0.2) is 4.79 Å². The highest BCUT2D eigenvalue weighted by molar-refractivity contribution is 5.99. The predicted molar refractivity (Wildman–Crippen MR) is 102 cm³/mol. The largest absolute Gasteiger partial charge is 0.481 e. The van der Waals surface area contributed by atoms with Gasteiger partial charge in [-0.3, -0.25) is 4.79 Å². The molecule has 2 amide bonds. The highest BCUT2D eigenvalue weighted by Crippen LogP contribution is 2.37.